The summed E-state index contributed by atoms with van der Waals surface area (Å²) in [4.78, 5) is 0. The summed E-state index contributed by atoms with van der Waals surface area (Å²) < 4.78 is 12.1. The van der Waals surface area contributed by atoms with Crippen molar-refractivity contribution in [3.05, 3.63) is 40.4 Å². The van der Waals surface area contributed by atoms with E-state index in [4.69, 9.17) is 9.31 Å². The van der Waals surface area contributed by atoms with Crippen molar-refractivity contribution in [1.82, 2.24) is 0 Å². The number of rotatable bonds is 2. The van der Waals surface area contributed by atoms with Gasteiger partial charge >= 0.3 is 7.12 Å². The minimum atomic E-state index is -0.282. The highest BCUT2D eigenvalue weighted by molar-refractivity contribution is 6.55. The zero-order valence-corrected chi connectivity index (χ0v) is 13.7. The van der Waals surface area contributed by atoms with Crippen LogP contribution in [0, 0.1) is 13.8 Å². The van der Waals surface area contributed by atoms with Gasteiger partial charge in [0, 0.05) is 0 Å². The van der Waals surface area contributed by atoms with Gasteiger partial charge in [-0.15, -0.1) is 0 Å². The van der Waals surface area contributed by atoms with Crippen molar-refractivity contribution in [2.75, 3.05) is 0 Å². The van der Waals surface area contributed by atoms with Crippen LogP contribution in [0.1, 0.15) is 51.3 Å². The molecule has 1 fully saturated rings. The van der Waals surface area contributed by atoms with Gasteiger partial charge in [0.05, 0.1) is 11.2 Å². The normalized spacial score (nSPS) is 21.4. The van der Waals surface area contributed by atoms with E-state index in [9.17, 15) is 0 Å². The second kappa shape index (κ2) is 5.05. The van der Waals surface area contributed by atoms with E-state index >= 15 is 0 Å². The van der Waals surface area contributed by atoms with E-state index in [0.717, 1.165) is 5.47 Å². The Labute approximate surface area is 123 Å². The summed E-state index contributed by atoms with van der Waals surface area (Å²) in [5, 5.41) is 0. The summed E-state index contributed by atoms with van der Waals surface area (Å²) in [5.74, 6) is 0. The van der Waals surface area contributed by atoms with Gasteiger partial charge in [-0.25, -0.2) is 0 Å². The van der Waals surface area contributed by atoms with Crippen molar-refractivity contribution in [3.8, 4) is 0 Å². The Morgan fingerprint density at radius 3 is 1.85 bits per heavy atom. The molecule has 3 heteroatoms. The van der Waals surface area contributed by atoms with Crippen LogP contribution in [0.25, 0.3) is 6.08 Å². The monoisotopic (exact) mass is 272 g/mol. The lowest BCUT2D eigenvalue weighted by molar-refractivity contribution is 0.00578. The predicted molar refractivity (Wildman–Crippen MR) is 85.6 cm³/mol. The Bertz CT molecular complexity index is 508. The second-order valence-electron chi connectivity index (χ2n) is 6.90. The van der Waals surface area contributed by atoms with Crippen LogP contribution in [0.2, 0.25) is 0 Å². The van der Waals surface area contributed by atoms with E-state index in [2.05, 4.69) is 72.7 Å². The number of allylic oxidation sites excluding steroid dienone is 1. The Morgan fingerprint density at radius 1 is 0.950 bits per heavy atom. The molecule has 1 aromatic rings. The van der Waals surface area contributed by atoms with Crippen LogP contribution in [0.3, 0.4) is 0 Å². The molecule has 0 atom stereocenters. The zero-order chi connectivity index (χ0) is 15.1. The summed E-state index contributed by atoms with van der Waals surface area (Å²) in [6, 6.07) is 6.55. The molecule has 2 rings (SSSR count). The van der Waals surface area contributed by atoms with Crippen molar-refractivity contribution in [2.45, 2.75) is 59.7 Å². The van der Waals surface area contributed by atoms with Crippen LogP contribution < -0.4 is 0 Å². The first kappa shape index (κ1) is 15.3. The summed E-state index contributed by atoms with van der Waals surface area (Å²) in [6.45, 7) is 14.6. The van der Waals surface area contributed by atoms with Gasteiger partial charge in [-0.05, 0) is 59.5 Å². The van der Waals surface area contributed by atoms with E-state index in [1.165, 1.54) is 16.7 Å². The first-order valence-corrected chi connectivity index (χ1v) is 7.23. The average Bonchev–Trinajstić information content (AvgIpc) is 2.46. The Morgan fingerprint density at radius 2 is 1.40 bits per heavy atom. The van der Waals surface area contributed by atoms with E-state index in [1.54, 1.807) is 0 Å². The smallest absolute Gasteiger partial charge is 0.400 e. The molecular formula is C17H25BO2. The minimum Gasteiger partial charge on any atom is -0.400 e. The Kier molecular flexibility index (Phi) is 3.87. The van der Waals surface area contributed by atoms with Crippen LogP contribution in [0.15, 0.2) is 23.7 Å². The van der Waals surface area contributed by atoms with Gasteiger partial charge in [0.2, 0.25) is 0 Å². The highest BCUT2D eigenvalue weighted by atomic mass is 16.7. The fourth-order valence-electron chi connectivity index (χ4n) is 2.45. The summed E-state index contributed by atoms with van der Waals surface area (Å²) in [6.07, 6.45) is 2.15. The maximum absolute atomic E-state index is 6.07. The third kappa shape index (κ3) is 2.99. The molecule has 1 aromatic carbocycles. The summed E-state index contributed by atoms with van der Waals surface area (Å²) in [7, 11) is -0.263. The molecule has 0 aliphatic carbocycles. The molecule has 1 aliphatic rings. The van der Waals surface area contributed by atoms with Gasteiger partial charge in [0.1, 0.15) is 0 Å². The van der Waals surface area contributed by atoms with Crippen molar-refractivity contribution < 1.29 is 9.31 Å². The molecule has 1 aliphatic heterocycles. The SMILES string of the molecule is C/C(=C\c1cc(C)cc(C)c1)B1OC(C)(C)C(C)(C)O1. The van der Waals surface area contributed by atoms with E-state index in [1.807, 2.05) is 0 Å². The Hall–Kier alpha value is -1.06. The quantitative estimate of drug-likeness (QED) is 0.746. The van der Waals surface area contributed by atoms with E-state index < -0.39 is 0 Å². The summed E-state index contributed by atoms with van der Waals surface area (Å²) >= 11 is 0. The molecule has 20 heavy (non-hydrogen) atoms. The fraction of sp³-hybridized carbons (Fsp3) is 0.529. The first-order valence-electron chi connectivity index (χ1n) is 7.23. The fourth-order valence-corrected chi connectivity index (χ4v) is 2.45. The van der Waals surface area contributed by atoms with Crippen LogP contribution in [0.4, 0.5) is 0 Å². The van der Waals surface area contributed by atoms with Crippen LogP contribution in [-0.2, 0) is 9.31 Å². The molecule has 0 bridgehead atoms. The molecule has 1 heterocycles. The molecule has 0 saturated carbocycles. The van der Waals surface area contributed by atoms with Gasteiger partial charge < -0.3 is 9.31 Å². The standard InChI is InChI=1S/C17H25BO2/c1-12-8-13(2)10-15(9-12)11-14(3)18-19-16(4,5)17(6,7)20-18/h8-11H,1-7H3/b14-11+. The highest BCUT2D eigenvalue weighted by Crippen LogP contribution is 2.38. The number of benzene rings is 1. The lowest BCUT2D eigenvalue weighted by atomic mass is 9.78. The van der Waals surface area contributed by atoms with Gasteiger partial charge in [0.25, 0.3) is 0 Å². The topological polar surface area (TPSA) is 18.5 Å². The molecule has 0 N–H and O–H groups in total. The second-order valence-corrected chi connectivity index (χ2v) is 6.90. The van der Waals surface area contributed by atoms with Gasteiger partial charge in [-0.3, -0.25) is 0 Å². The van der Waals surface area contributed by atoms with E-state index in [0.29, 0.717) is 0 Å². The van der Waals surface area contributed by atoms with E-state index in [-0.39, 0.29) is 18.3 Å². The lowest BCUT2D eigenvalue weighted by Gasteiger charge is -2.32. The van der Waals surface area contributed by atoms with Gasteiger partial charge in [-0.2, -0.15) is 0 Å². The molecule has 0 spiro atoms. The third-order valence-electron chi connectivity index (χ3n) is 4.26. The van der Waals surface area contributed by atoms with Crippen LogP contribution >= 0.6 is 0 Å². The van der Waals surface area contributed by atoms with Crippen molar-refractivity contribution in [1.29, 1.82) is 0 Å². The molecule has 1 saturated heterocycles. The predicted octanol–water partition coefficient (Wildman–Crippen LogP) is 4.34. The lowest BCUT2D eigenvalue weighted by Crippen LogP contribution is -2.41. The molecule has 108 valence electrons. The maximum Gasteiger partial charge on any atom is 0.490 e. The molecule has 0 amide bonds. The zero-order valence-electron chi connectivity index (χ0n) is 13.7. The molecule has 0 radical (unpaired) electrons. The largest absolute Gasteiger partial charge is 0.490 e. The first-order chi connectivity index (χ1) is 9.10. The minimum absolute atomic E-state index is 0.263. The Balaban J connectivity index is 2.24. The van der Waals surface area contributed by atoms with Crippen molar-refractivity contribution in [2.24, 2.45) is 0 Å². The third-order valence-corrected chi connectivity index (χ3v) is 4.26. The summed E-state index contributed by atoms with van der Waals surface area (Å²) in [5.41, 5.74) is 4.30. The van der Waals surface area contributed by atoms with Crippen LogP contribution in [-0.4, -0.2) is 18.3 Å². The average molecular weight is 272 g/mol. The number of hydrogen-bond acceptors (Lipinski definition) is 2. The number of aryl methyl sites for hydroxylation is 2. The van der Waals surface area contributed by atoms with Gasteiger partial charge in [0.15, 0.2) is 0 Å². The number of hydrogen-bond donors (Lipinski definition) is 0. The maximum atomic E-state index is 6.07. The molecule has 0 aromatic heterocycles. The van der Waals surface area contributed by atoms with Crippen molar-refractivity contribution in [3.63, 3.8) is 0 Å². The molecule has 2 nitrogen and oxygen atoms in total. The van der Waals surface area contributed by atoms with Crippen LogP contribution in [0.5, 0.6) is 0 Å². The van der Waals surface area contributed by atoms with Gasteiger partial charge in [-0.1, -0.05) is 35.4 Å². The van der Waals surface area contributed by atoms with Crippen molar-refractivity contribution >= 4 is 13.2 Å². The molecular weight excluding hydrogens is 247 g/mol. The molecule has 0 unspecified atom stereocenters. The highest BCUT2D eigenvalue weighted by Gasteiger charge is 2.51.